The third-order valence-electron chi connectivity index (χ3n) is 5.55. The van der Waals surface area contributed by atoms with Crippen molar-refractivity contribution in [2.45, 2.75) is 0 Å². The fraction of sp³-hybridized carbons (Fsp3) is 0.185. The number of fused-ring (bicyclic) bond motifs is 1. The molecule has 0 bridgehead atoms. The van der Waals surface area contributed by atoms with Crippen LogP contribution in [0.5, 0.6) is 28.7 Å². The number of rotatable bonds is 9. The van der Waals surface area contributed by atoms with Gasteiger partial charge in [-0.1, -0.05) is 0 Å². The number of carbonyl (C=O) groups excluding carboxylic acids is 4. The number of ether oxygens (including phenoxy) is 5. The van der Waals surface area contributed by atoms with Crippen LogP contribution in [0, 0.1) is 0 Å². The van der Waals surface area contributed by atoms with E-state index >= 15 is 0 Å². The fourth-order valence-electron chi connectivity index (χ4n) is 3.65. The molecule has 0 radical (unpaired) electrons. The summed E-state index contributed by atoms with van der Waals surface area (Å²) < 4.78 is 26.5. The number of carbonyl (C=O) groups is 4. The summed E-state index contributed by atoms with van der Waals surface area (Å²) in [5.41, 5.74) is -0.463. The molecule has 1 heterocycles. The Morgan fingerprint density at radius 1 is 0.556 bits per heavy atom. The molecular formula is C27H22O9. The lowest BCUT2D eigenvalue weighted by atomic mass is 9.91. The third-order valence-corrected chi connectivity index (χ3v) is 5.55. The van der Waals surface area contributed by atoms with Crippen molar-refractivity contribution in [3.05, 3.63) is 76.9 Å². The van der Waals surface area contributed by atoms with Gasteiger partial charge >= 0.3 is 0 Å². The zero-order chi connectivity index (χ0) is 25.8. The molecule has 3 aromatic carbocycles. The smallest absolute Gasteiger partial charge is 0.234 e. The van der Waals surface area contributed by atoms with Crippen LogP contribution in [-0.4, -0.2) is 57.7 Å². The van der Waals surface area contributed by atoms with E-state index < -0.39 is 23.1 Å². The zero-order valence-corrected chi connectivity index (χ0v) is 19.8. The van der Waals surface area contributed by atoms with E-state index in [-0.39, 0.29) is 47.0 Å². The Labute approximate surface area is 206 Å². The van der Waals surface area contributed by atoms with Gasteiger partial charge in [0, 0.05) is 28.3 Å². The maximum Gasteiger partial charge on any atom is 0.234 e. The molecule has 0 N–H and O–H groups in total. The van der Waals surface area contributed by atoms with Gasteiger partial charge in [0.15, 0.2) is 11.5 Å². The van der Waals surface area contributed by atoms with E-state index in [0.29, 0.717) is 17.2 Å². The van der Waals surface area contributed by atoms with E-state index in [0.717, 1.165) is 0 Å². The maximum atomic E-state index is 13.4. The first-order chi connectivity index (χ1) is 17.4. The van der Waals surface area contributed by atoms with E-state index in [1.54, 1.807) is 6.07 Å². The molecule has 0 aliphatic carbocycles. The summed E-state index contributed by atoms with van der Waals surface area (Å²) in [5, 5.41) is 0. The van der Waals surface area contributed by atoms with Crippen LogP contribution in [0.4, 0.5) is 0 Å². The highest BCUT2D eigenvalue weighted by Crippen LogP contribution is 2.35. The largest absolute Gasteiger partial charge is 0.497 e. The van der Waals surface area contributed by atoms with Crippen LogP contribution in [0.1, 0.15) is 41.4 Å². The molecule has 9 heteroatoms. The summed E-state index contributed by atoms with van der Waals surface area (Å²) in [6.45, 7) is 0.447. The van der Waals surface area contributed by atoms with Crippen molar-refractivity contribution in [3.8, 4) is 28.7 Å². The monoisotopic (exact) mass is 490 g/mol. The number of methoxy groups -OCH3 is 3. The maximum absolute atomic E-state index is 13.4. The first-order valence-electron chi connectivity index (χ1n) is 10.8. The summed E-state index contributed by atoms with van der Waals surface area (Å²) in [4.78, 5) is 52.9. The Kier molecular flexibility index (Phi) is 7.00. The average Bonchev–Trinajstić information content (AvgIpc) is 2.94. The van der Waals surface area contributed by atoms with Gasteiger partial charge in [0.2, 0.25) is 23.1 Å². The lowest BCUT2D eigenvalue weighted by Gasteiger charge is -2.20. The summed E-state index contributed by atoms with van der Waals surface area (Å²) >= 11 is 0. The molecule has 0 saturated carbocycles. The van der Waals surface area contributed by atoms with E-state index in [2.05, 4.69) is 0 Å². The molecule has 1 aliphatic rings. The molecule has 3 aromatic rings. The zero-order valence-electron chi connectivity index (χ0n) is 19.8. The van der Waals surface area contributed by atoms with E-state index in [9.17, 15) is 19.2 Å². The molecule has 0 amide bonds. The summed E-state index contributed by atoms with van der Waals surface area (Å²) in [6.07, 6.45) is 0. The van der Waals surface area contributed by atoms with Crippen LogP contribution in [0.3, 0.4) is 0 Å². The number of ketones is 4. The molecular weight excluding hydrogens is 468 g/mol. The Bertz CT molecular complexity index is 1330. The Morgan fingerprint density at radius 3 is 1.44 bits per heavy atom. The molecule has 0 atom stereocenters. The molecule has 9 nitrogen and oxygen atoms in total. The van der Waals surface area contributed by atoms with E-state index in [1.807, 2.05) is 0 Å². The minimum Gasteiger partial charge on any atom is -0.497 e. The van der Waals surface area contributed by atoms with Crippen molar-refractivity contribution in [2.75, 3.05) is 34.5 Å². The van der Waals surface area contributed by atoms with Crippen molar-refractivity contribution >= 4 is 23.1 Å². The van der Waals surface area contributed by atoms with Crippen molar-refractivity contribution < 1.29 is 42.9 Å². The molecule has 0 spiro atoms. The topological polar surface area (TPSA) is 114 Å². The van der Waals surface area contributed by atoms with Crippen LogP contribution >= 0.6 is 0 Å². The van der Waals surface area contributed by atoms with Gasteiger partial charge in [-0.3, -0.25) is 19.2 Å². The molecule has 1 aliphatic heterocycles. The van der Waals surface area contributed by atoms with Crippen molar-refractivity contribution in [2.24, 2.45) is 0 Å². The lowest BCUT2D eigenvalue weighted by molar-refractivity contribution is 0.0799. The SMILES string of the molecule is COc1ccc(C(=O)C(=O)c2cc3c(cc2C(=O)C(=O)c2cc(OC)cc(OC)c2)OCCO3)cc1. The third kappa shape index (κ3) is 4.76. The predicted octanol–water partition coefficient (Wildman–Crippen LogP) is 3.61. The number of benzene rings is 3. The van der Waals surface area contributed by atoms with Gasteiger partial charge in [-0.05, 0) is 48.5 Å². The Morgan fingerprint density at radius 2 is 1.00 bits per heavy atom. The quantitative estimate of drug-likeness (QED) is 0.328. The van der Waals surface area contributed by atoms with Crippen molar-refractivity contribution in [1.29, 1.82) is 0 Å². The van der Waals surface area contributed by atoms with Crippen molar-refractivity contribution in [1.82, 2.24) is 0 Å². The Hall–Kier alpha value is -4.66. The van der Waals surface area contributed by atoms with Gasteiger partial charge in [0.05, 0.1) is 21.3 Å². The molecule has 0 saturated heterocycles. The van der Waals surface area contributed by atoms with Crippen LogP contribution in [0.2, 0.25) is 0 Å². The lowest BCUT2D eigenvalue weighted by Crippen LogP contribution is -2.24. The average molecular weight is 490 g/mol. The highest BCUT2D eigenvalue weighted by atomic mass is 16.6. The highest BCUT2D eigenvalue weighted by Gasteiger charge is 2.31. The molecule has 36 heavy (non-hydrogen) atoms. The molecule has 4 rings (SSSR count). The minimum atomic E-state index is -1.01. The second kappa shape index (κ2) is 10.3. The van der Waals surface area contributed by atoms with Crippen LogP contribution in [-0.2, 0) is 0 Å². The van der Waals surface area contributed by atoms with Gasteiger partial charge in [0.1, 0.15) is 30.5 Å². The molecule has 0 fully saturated rings. The van der Waals surface area contributed by atoms with Crippen molar-refractivity contribution in [3.63, 3.8) is 0 Å². The van der Waals surface area contributed by atoms with E-state index in [4.69, 9.17) is 23.7 Å². The molecule has 0 aromatic heterocycles. The number of hydrogen-bond donors (Lipinski definition) is 0. The highest BCUT2D eigenvalue weighted by molar-refractivity contribution is 6.54. The minimum absolute atomic E-state index is 0.00836. The fourth-order valence-corrected chi connectivity index (χ4v) is 3.65. The van der Waals surface area contributed by atoms with Crippen LogP contribution in [0.25, 0.3) is 0 Å². The van der Waals surface area contributed by atoms with E-state index in [1.165, 1.54) is 69.9 Å². The second-order valence-corrected chi connectivity index (χ2v) is 7.69. The molecule has 0 unspecified atom stereocenters. The summed E-state index contributed by atoms with van der Waals surface area (Å²) in [7, 11) is 4.30. The number of Topliss-reactive ketones (excluding diaryl/α,β-unsaturated/α-hetero) is 4. The van der Waals surface area contributed by atoms with Gasteiger partial charge in [0.25, 0.3) is 0 Å². The first kappa shape index (κ1) is 24.5. The predicted molar refractivity (Wildman–Crippen MR) is 127 cm³/mol. The summed E-state index contributed by atoms with van der Waals surface area (Å²) in [6, 6.07) is 12.8. The van der Waals surface area contributed by atoms with Gasteiger partial charge in [-0.25, -0.2) is 0 Å². The number of hydrogen-bond acceptors (Lipinski definition) is 9. The van der Waals surface area contributed by atoms with Gasteiger partial charge in [-0.15, -0.1) is 0 Å². The summed E-state index contributed by atoms with van der Waals surface area (Å²) in [5.74, 6) is -2.27. The van der Waals surface area contributed by atoms with Crippen LogP contribution < -0.4 is 23.7 Å². The second-order valence-electron chi connectivity index (χ2n) is 7.69. The van der Waals surface area contributed by atoms with Gasteiger partial charge < -0.3 is 23.7 Å². The first-order valence-corrected chi connectivity index (χ1v) is 10.8. The standard InChI is InChI=1S/C27H22O9/c1-32-17-6-4-15(5-7-17)24(28)26(30)20-13-22-23(36-9-8-35-22)14-21(20)27(31)25(29)16-10-18(33-2)12-19(11-16)34-3/h4-7,10-14H,8-9H2,1-3H3. The Balaban J connectivity index is 1.77. The van der Waals surface area contributed by atoms with Crippen LogP contribution in [0.15, 0.2) is 54.6 Å². The molecule has 184 valence electrons. The van der Waals surface area contributed by atoms with Gasteiger partial charge in [-0.2, -0.15) is 0 Å². The normalized spacial score (nSPS) is 11.9.